The Morgan fingerprint density at radius 2 is 1.82 bits per heavy atom. The van der Waals surface area contributed by atoms with Crippen molar-refractivity contribution in [2.75, 3.05) is 6.61 Å². The van der Waals surface area contributed by atoms with Crippen LogP contribution in [0, 0.1) is 0 Å². The summed E-state index contributed by atoms with van der Waals surface area (Å²) < 4.78 is 10.2. The molecule has 0 aromatic heterocycles. The fourth-order valence-electron chi connectivity index (χ4n) is 1.95. The minimum absolute atomic E-state index is 0.239. The molecule has 0 aliphatic carbocycles. The largest absolute Gasteiger partial charge is 0.466 e. The first-order valence-corrected chi connectivity index (χ1v) is 7.52. The average Bonchev–Trinajstić information content (AvgIpc) is 2.42. The second kappa shape index (κ2) is 8.41. The Balaban J connectivity index is 2.71. The molecule has 0 aliphatic rings. The molecule has 0 aliphatic heterocycles. The Bertz CT molecular complexity index is 479. The van der Waals surface area contributed by atoms with Crippen LogP contribution in [0.25, 0.3) is 0 Å². The van der Waals surface area contributed by atoms with Gasteiger partial charge in [0, 0.05) is 6.42 Å². The highest BCUT2D eigenvalue weighted by atomic mass is 16.6. The lowest BCUT2D eigenvalue weighted by atomic mass is 10.0. The maximum Gasteiger partial charge on any atom is 0.408 e. The highest BCUT2D eigenvalue weighted by Gasteiger charge is 2.21. The first kappa shape index (κ1) is 18.0. The van der Waals surface area contributed by atoms with E-state index < -0.39 is 11.7 Å². The number of carbonyl (C=O) groups excluding carboxylic acids is 2. The van der Waals surface area contributed by atoms with Gasteiger partial charge in [0.15, 0.2) is 0 Å². The first-order valence-electron chi connectivity index (χ1n) is 7.52. The highest BCUT2D eigenvalue weighted by Crippen LogP contribution is 2.19. The molecule has 0 fully saturated rings. The summed E-state index contributed by atoms with van der Waals surface area (Å²) in [5.74, 6) is -0.269. The van der Waals surface area contributed by atoms with E-state index in [1.165, 1.54) is 0 Å². The summed E-state index contributed by atoms with van der Waals surface area (Å²) in [5.41, 5.74) is 0.365. The molecule has 0 heterocycles. The van der Waals surface area contributed by atoms with Gasteiger partial charge in [-0.25, -0.2) is 4.79 Å². The van der Waals surface area contributed by atoms with Crippen molar-refractivity contribution in [3.8, 4) is 0 Å². The van der Waals surface area contributed by atoms with Crippen LogP contribution in [0.5, 0.6) is 0 Å². The van der Waals surface area contributed by atoms with Gasteiger partial charge in [0.1, 0.15) is 5.60 Å². The van der Waals surface area contributed by atoms with Crippen LogP contribution in [-0.2, 0) is 14.3 Å². The molecule has 5 heteroatoms. The Kier molecular flexibility index (Phi) is 6.89. The molecule has 22 heavy (non-hydrogen) atoms. The molecule has 1 atom stereocenters. The molecule has 0 bridgehead atoms. The van der Waals surface area contributed by atoms with Gasteiger partial charge in [-0.15, -0.1) is 0 Å². The molecule has 1 rings (SSSR count). The smallest absolute Gasteiger partial charge is 0.408 e. The van der Waals surface area contributed by atoms with Crippen molar-refractivity contribution >= 4 is 12.1 Å². The highest BCUT2D eigenvalue weighted by molar-refractivity contribution is 5.70. The van der Waals surface area contributed by atoms with Gasteiger partial charge in [-0.05, 0) is 39.7 Å². The summed E-state index contributed by atoms with van der Waals surface area (Å²) in [4.78, 5) is 23.5. The van der Waals surface area contributed by atoms with Crippen LogP contribution in [-0.4, -0.2) is 24.3 Å². The van der Waals surface area contributed by atoms with Gasteiger partial charge >= 0.3 is 12.1 Å². The number of carbonyl (C=O) groups is 2. The lowest BCUT2D eigenvalue weighted by Gasteiger charge is -2.24. The molecule has 122 valence electrons. The summed E-state index contributed by atoms with van der Waals surface area (Å²) in [7, 11) is 0. The number of benzene rings is 1. The van der Waals surface area contributed by atoms with E-state index in [0.29, 0.717) is 13.0 Å². The van der Waals surface area contributed by atoms with Crippen molar-refractivity contribution in [3.63, 3.8) is 0 Å². The lowest BCUT2D eigenvalue weighted by molar-refractivity contribution is -0.143. The SMILES string of the molecule is CCOC(=O)CC[C@H](NC(=O)OC(C)(C)C)c1ccccc1. The number of rotatable bonds is 6. The van der Waals surface area contributed by atoms with Crippen LogP contribution in [0.3, 0.4) is 0 Å². The van der Waals surface area contributed by atoms with Crippen molar-refractivity contribution in [2.45, 2.75) is 52.2 Å². The van der Waals surface area contributed by atoms with Crippen molar-refractivity contribution < 1.29 is 19.1 Å². The van der Waals surface area contributed by atoms with Crippen LogP contribution in [0.1, 0.15) is 52.1 Å². The van der Waals surface area contributed by atoms with E-state index >= 15 is 0 Å². The summed E-state index contributed by atoms with van der Waals surface area (Å²) >= 11 is 0. The molecule has 0 saturated heterocycles. The Hall–Kier alpha value is -2.04. The van der Waals surface area contributed by atoms with E-state index in [2.05, 4.69) is 5.32 Å². The molecule has 5 nitrogen and oxygen atoms in total. The molecule has 0 radical (unpaired) electrons. The maximum absolute atomic E-state index is 12.0. The molecule has 1 amide bonds. The van der Waals surface area contributed by atoms with Crippen LogP contribution in [0.2, 0.25) is 0 Å². The Labute approximate surface area is 132 Å². The van der Waals surface area contributed by atoms with E-state index in [9.17, 15) is 9.59 Å². The maximum atomic E-state index is 12.0. The van der Waals surface area contributed by atoms with Crippen molar-refractivity contribution in [3.05, 3.63) is 35.9 Å². The zero-order valence-electron chi connectivity index (χ0n) is 13.7. The third-order valence-corrected chi connectivity index (χ3v) is 2.84. The second-order valence-corrected chi connectivity index (χ2v) is 5.95. The number of nitrogens with one attached hydrogen (secondary N) is 1. The van der Waals surface area contributed by atoms with Gasteiger partial charge in [0.2, 0.25) is 0 Å². The Morgan fingerprint density at radius 3 is 2.36 bits per heavy atom. The van der Waals surface area contributed by atoms with E-state index in [-0.39, 0.29) is 18.4 Å². The number of alkyl carbamates (subject to hydrolysis) is 1. The van der Waals surface area contributed by atoms with Gasteiger partial charge in [-0.2, -0.15) is 0 Å². The van der Waals surface area contributed by atoms with Crippen molar-refractivity contribution in [2.24, 2.45) is 0 Å². The van der Waals surface area contributed by atoms with Crippen LogP contribution < -0.4 is 5.32 Å². The van der Waals surface area contributed by atoms with Gasteiger partial charge < -0.3 is 14.8 Å². The molecule has 0 spiro atoms. The molecule has 0 saturated carbocycles. The number of hydrogen-bond donors (Lipinski definition) is 1. The minimum Gasteiger partial charge on any atom is -0.466 e. The third kappa shape index (κ3) is 7.11. The predicted molar refractivity (Wildman–Crippen MR) is 84.4 cm³/mol. The molecule has 1 aromatic rings. The fraction of sp³-hybridized carbons (Fsp3) is 0.529. The fourth-order valence-corrected chi connectivity index (χ4v) is 1.95. The van der Waals surface area contributed by atoms with Gasteiger partial charge in [-0.1, -0.05) is 30.3 Å². The van der Waals surface area contributed by atoms with Crippen molar-refractivity contribution in [1.29, 1.82) is 0 Å². The monoisotopic (exact) mass is 307 g/mol. The zero-order valence-corrected chi connectivity index (χ0v) is 13.7. The number of esters is 1. The summed E-state index contributed by atoms with van der Waals surface area (Å²) in [6, 6.07) is 9.22. The van der Waals surface area contributed by atoms with E-state index in [1.54, 1.807) is 6.92 Å². The lowest BCUT2D eigenvalue weighted by Crippen LogP contribution is -2.35. The normalized spacial score (nSPS) is 12.4. The third-order valence-electron chi connectivity index (χ3n) is 2.84. The number of hydrogen-bond acceptors (Lipinski definition) is 4. The topological polar surface area (TPSA) is 64.6 Å². The minimum atomic E-state index is -0.563. The standard InChI is InChI=1S/C17H25NO4/c1-5-21-15(19)12-11-14(13-9-7-6-8-10-13)18-16(20)22-17(2,3)4/h6-10,14H,5,11-12H2,1-4H3,(H,18,20)/t14-/m0/s1. The van der Waals surface area contributed by atoms with Crippen LogP contribution in [0.15, 0.2) is 30.3 Å². The van der Waals surface area contributed by atoms with Crippen LogP contribution >= 0.6 is 0 Å². The molecular formula is C17H25NO4. The molecule has 1 aromatic carbocycles. The average molecular weight is 307 g/mol. The van der Waals surface area contributed by atoms with Crippen LogP contribution in [0.4, 0.5) is 4.79 Å². The quantitative estimate of drug-likeness (QED) is 0.816. The zero-order chi connectivity index (χ0) is 16.6. The van der Waals surface area contributed by atoms with Gasteiger partial charge in [0.25, 0.3) is 0 Å². The number of ether oxygens (including phenoxy) is 2. The van der Waals surface area contributed by atoms with Gasteiger partial charge in [-0.3, -0.25) is 4.79 Å². The van der Waals surface area contributed by atoms with Crippen molar-refractivity contribution in [1.82, 2.24) is 5.32 Å². The van der Waals surface area contributed by atoms with E-state index in [4.69, 9.17) is 9.47 Å². The molecule has 1 N–H and O–H groups in total. The second-order valence-electron chi connectivity index (χ2n) is 5.95. The first-order chi connectivity index (χ1) is 10.3. The Morgan fingerprint density at radius 1 is 1.18 bits per heavy atom. The number of amides is 1. The molecule has 0 unspecified atom stereocenters. The summed E-state index contributed by atoms with van der Waals surface area (Å²) in [5, 5.41) is 2.82. The summed E-state index contributed by atoms with van der Waals surface area (Å²) in [6.07, 6.45) is 0.205. The van der Waals surface area contributed by atoms with E-state index in [0.717, 1.165) is 5.56 Å². The van der Waals surface area contributed by atoms with Gasteiger partial charge in [0.05, 0.1) is 12.6 Å². The van der Waals surface area contributed by atoms with E-state index in [1.807, 2.05) is 51.1 Å². The summed E-state index contributed by atoms with van der Waals surface area (Å²) in [6.45, 7) is 7.55. The molecular weight excluding hydrogens is 282 g/mol. The predicted octanol–water partition coefficient (Wildman–Crippen LogP) is 3.60.